The van der Waals surface area contributed by atoms with Crippen molar-refractivity contribution >= 4 is 12.2 Å². The lowest BCUT2D eigenvalue weighted by atomic mass is 9.98. The van der Waals surface area contributed by atoms with Gasteiger partial charge in [-0.3, -0.25) is 0 Å². The molecule has 6 heteroatoms. The van der Waals surface area contributed by atoms with E-state index in [1.54, 1.807) is 4.90 Å². The Kier molecular flexibility index (Phi) is 3.60. The van der Waals surface area contributed by atoms with Crippen LogP contribution >= 0.6 is 0 Å². The highest BCUT2D eigenvalue weighted by Gasteiger charge is 2.43. The van der Waals surface area contributed by atoms with Crippen LogP contribution in [0.3, 0.4) is 0 Å². The summed E-state index contributed by atoms with van der Waals surface area (Å²) in [5, 5.41) is 12.0. The van der Waals surface area contributed by atoms with Crippen LogP contribution < -0.4 is 5.32 Å². The van der Waals surface area contributed by atoms with Crippen LogP contribution in [0.2, 0.25) is 0 Å². The Balaban J connectivity index is 1.89. The number of alkyl carbamates (subject to hydrolysis) is 1. The molecule has 2 bridgehead atoms. The predicted octanol–water partition coefficient (Wildman–Crippen LogP) is 2.18. The number of hydrogen-bond donors (Lipinski definition) is 2. The Bertz CT molecular complexity index is 363. The highest BCUT2D eigenvalue weighted by Crippen LogP contribution is 2.35. The van der Waals surface area contributed by atoms with Crippen LogP contribution in [0, 0.1) is 0 Å². The van der Waals surface area contributed by atoms with Crippen molar-refractivity contribution in [1.29, 1.82) is 0 Å². The Morgan fingerprint density at radius 2 is 1.74 bits per heavy atom. The number of nitrogens with one attached hydrogen (secondary N) is 1. The highest BCUT2D eigenvalue weighted by atomic mass is 16.6. The fraction of sp³-hybridized carbons (Fsp3) is 0.846. The van der Waals surface area contributed by atoms with Gasteiger partial charge in [-0.25, -0.2) is 9.59 Å². The van der Waals surface area contributed by atoms with E-state index in [0.717, 1.165) is 12.8 Å². The van der Waals surface area contributed by atoms with Gasteiger partial charge in [0.25, 0.3) is 0 Å². The molecule has 0 aromatic carbocycles. The van der Waals surface area contributed by atoms with Gasteiger partial charge in [-0.2, -0.15) is 0 Å². The van der Waals surface area contributed by atoms with Gasteiger partial charge in [-0.1, -0.05) is 0 Å². The van der Waals surface area contributed by atoms with Crippen LogP contribution in [0.15, 0.2) is 0 Å². The zero-order chi connectivity index (χ0) is 14.2. The van der Waals surface area contributed by atoms with E-state index in [1.807, 2.05) is 20.8 Å². The minimum absolute atomic E-state index is 0.0166. The van der Waals surface area contributed by atoms with Crippen molar-refractivity contribution in [2.75, 3.05) is 0 Å². The third kappa shape index (κ3) is 3.30. The summed E-state index contributed by atoms with van der Waals surface area (Å²) in [5.74, 6) is 0. The zero-order valence-corrected chi connectivity index (χ0v) is 11.7. The second-order valence-electron chi connectivity index (χ2n) is 6.39. The minimum Gasteiger partial charge on any atom is -0.465 e. The Morgan fingerprint density at radius 3 is 2.16 bits per heavy atom. The second kappa shape index (κ2) is 4.90. The zero-order valence-electron chi connectivity index (χ0n) is 11.7. The van der Waals surface area contributed by atoms with Crippen molar-refractivity contribution < 1.29 is 19.4 Å². The molecule has 3 atom stereocenters. The lowest BCUT2D eigenvalue weighted by Gasteiger charge is -2.37. The van der Waals surface area contributed by atoms with Gasteiger partial charge >= 0.3 is 12.2 Å². The highest BCUT2D eigenvalue weighted by molar-refractivity contribution is 5.69. The van der Waals surface area contributed by atoms with E-state index in [9.17, 15) is 9.59 Å². The van der Waals surface area contributed by atoms with E-state index in [0.29, 0.717) is 12.8 Å². The summed E-state index contributed by atoms with van der Waals surface area (Å²) in [7, 11) is 0. The SMILES string of the molecule is CC(C)(C)OC(=O)NC1C[C@H]2CC[C@@H](C1)N2C(=O)O. The smallest absolute Gasteiger partial charge is 0.407 e. The van der Waals surface area contributed by atoms with Crippen molar-refractivity contribution in [2.24, 2.45) is 0 Å². The minimum atomic E-state index is -0.844. The molecule has 0 saturated carbocycles. The molecular formula is C13H22N2O4. The first-order valence-electron chi connectivity index (χ1n) is 6.77. The van der Waals surface area contributed by atoms with Crippen molar-refractivity contribution in [3.63, 3.8) is 0 Å². The number of hydrogen-bond acceptors (Lipinski definition) is 3. The number of carbonyl (C=O) groups is 2. The van der Waals surface area contributed by atoms with Crippen molar-refractivity contribution in [3.05, 3.63) is 0 Å². The molecule has 2 rings (SSSR count). The Labute approximate surface area is 113 Å². The summed E-state index contributed by atoms with van der Waals surface area (Å²) in [4.78, 5) is 24.4. The third-order valence-corrected chi connectivity index (χ3v) is 3.67. The molecule has 0 radical (unpaired) electrons. The first-order valence-corrected chi connectivity index (χ1v) is 6.77. The average Bonchev–Trinajstić information content (AvgIpc) is 2.48. The molecule has 6 nitrogen and oxygen atoms in total. The third-order valence-electron chi connectivity index (χ3n) is 3.67. The standard InChI is InChI=1S/C13H22N2O4/c1-13(2,3)19-11(16)14-8-6-9-4-5-10(7-8)15(9)12(17)18/h8-10H,4-7H2,1-3H3,(H,14,16)(H,17,18)/t8?,9-,10+. The fourth-order valence-corrected chi connectivity index (χ4v) is 3.08. The molecule has 2 fully saturated rings. The predicted molar refractivity (Wildman–Crippen MR) is 69.1 cm³/mol. The Morgan fingerprint density at radius 1 is 1.21 bits per heavy atom. The molecule has 0 spiro atoms. The normalized spacial score (nSPS) is 30.1. The van der Waals surface area contributed by atoms with Crippen LogP contribution in [-0.4, -0.2) is 45.9 Å². The van der Waals surface area contributed by atoms with Gasteiger partial charge in [-0.05, 0) is 46.5 Å². The van der Waals surface area contributed by atoms with Crippen LogP contribution in [0.4, 0.5) is 9.59 Å². The second-order valence-corrected chi connectivity index (χ2v) is 6.39. The van der Waals surface area contributed by atoms with Crippen LogP contribution in [0.25, 0.3) is 0 Å². The van der Waals surface area contributed by atoms with Crippen LogP contribution in [0.1, 0.15) is 46.5 Å². The van der Waals surface area contributed by atoms with E-state index in [1.165, 1.54) is 0 Å². The first kappa shape index (κ1) is 14.0. The van der Waals surface area contributed by atoms with Gasteiger partial charge in [0.15, 0.2) is 0 Å². The number of carbonyl (C=O) groups excluding carboxylic acids is 1. The van der Waals surface area contributed by atoms with Crippen molar-refractivity contribution in [2.45, 2.75) is 70.2 Å². The maximum absolute atomic E-state index is 11.7. The maximum Gasteiger partial charge on any atom is 0.407 e. The molecule has 2 aliphatic heterocycles. The summed E-state index contributed by atoms with van der Waals surface area (Å²) in [6.07, 6.45) is 1.89. The van der Waals surface area contributed by atoms with Crippen molar-refractivity contribution in [3.8, 4) is 0 Å². The van der Waals surface area contributed by atoms with Gasteiger partial charge in [0, 0.05) is 18.1 Å². The summed E-state index contributed by atoms with van der Waals surface area (Å²) < 4.78 is 5.23. The summed E-state index contributed by atoms with van der Waals surface area (Å²) in [6, 6.07) is 0.0929. The lowest BCUT2D eigenvalue weighted by molar-refractivity contribution is 0.0449. The molecular weight excluding hydrogens is 248 g/mol. The Hall–Kier alpha value is -1.46. The molecule has 2 amide bonds. The van der Waals surface area contributed by atoms with Crippen LogP contribution in [0.5, 0.6) is 0 Å². The van der Waals surface area contributed by atoms with Gasteiger partial charge in [0.2, 0.25) is 0 Å². The van der Waals surface area contributed by atoms with Crippen LogP contribution in [-0.2, 0) is 4.74 Å². The number of amides is 2. The quantitative estimate of drug-likeness (QED) is 0.765. The maximum atomic E-state index is 11.7. The largest absolute Gasteiger partial charge is 0.465 e. The van der Waals surface area contributed by atoms with Gasteiger partial charge < -0.3 is 20.1 Å². The van der Waals surface area contributed by atoms with E-state index in [4.69, 9.17) is 9.84 Å². The molecule has 0 aliphatic carbocycles. The molecule has 19 heavy (non-hydrogen) atoms. The van der Waals surface area contributed by atoms with Gasteiger partial charge in [-0.15, -0.1) is 0 Å². The molecule has 2 aliphatic rings. The number of carboxylic acid groups (broad SMARTS) is 1. The molecule has 2 heterocycles. The summed E-state index contributed by atoms with van der Waals surface area (Å²) in [6.45, 7) is 5.47. The number of ether oxygens (including phenoxy) is 1. The first-order chi connectivity index (χ1) is 8.76. The number of fused-ring (bicyclic) bond motifs is 2. The van der Waals surface area contributed by atoms with Gasteiger partial charge in [0.1, 0.15) is 5.60 Å². The summed E-state index contributed by atoms with van der Waals surface area (Å²) >= 11 is 0. The number of rotatable bonds is 1. The van der Waals surface area contributed by atoms with E-state index in [2.05, 4.69) is 5.32 Å². The molecule has 2 N–H and O–H groups in total. The van der Waals surface area contributed by atoms with E-state index >= 15 is 0 Å². The molecule has 1 unspecified atom stereocenters. The molecule has 2 saturated heterocycles. The van der Waals surface area contributed by atoms with E-state index in [-0.39, 0.29) is 18.1 Å². The summed E-state index contributed by atoms with van der Waals surface area (Å²) in [5.41, 5.74) is -0.509. The van der Waals surface area contributed by atoms with Gasteiger partial charge in [0.05, 0.1) is 0 Å². The number of nitrogens with zero attached hydrogens (tertiary/aromatic N) is 1. The molecule has 0 aromatic heterocycles. The monoisotopic (exact) mass is 270 g/mol. The average molecular weight is 270 g/mol. The van der Waals surface area contributed by atoms with Crippen molar-refractivity contribution in [1.82, 2.24) is 10.2 Å². The molecule has 108 valence electrons. The topological polar surface area (TPSA) is 78.9 Å². The fourth-order valence-electron chi connectivity index (χ4n) is 3.08. The number of piperidine rings is 1. The molecule has 0 aromatic rings. The lowest BCUT2D eigenvalue weighted by Crippen LogP contribution is -2.52. The van der Waals surface area contributed by atoms with E-state index < -0.39 is 17.8 Å².